The molecular weight excluding hydrogens is 443 g/mol. The standard InChI is InChI=1S/C25H39O7P/c1-3-5-6-7-8-9-10-11-12-13-14-15-16-17-18-19-20-21-25(27)30-22-24(26)23-32-33(28,29)31-4-2/h4-6,8-9,11-12,14-15,17-18,24,26H,3,7,10,13,16,19-23H2,1-2H3/p+1/b6-5+,9-8+,12-11+,15-14+,18-17+. The number of carbonyl (C=O) groups excluding carboxylic acids is 1. The van der Waals surface area contributed by atoms with Gasteiger partial charge in [0, 0.05) is 6.42 Å². The Morgan fingerprint density at radius 2 is 1.42 bits per heavy atom. The SMILES string of the molecule is C[CH+]OP(=O)(O)OCC(O)COC(=O)CCC/C=C/C/C=C/C/C=C/C/C=C/C/C=C/CC. The van der Waals surface area contributed by atoms with Gasteiger partial charge in [-0.05, 0) is 44.9 Å². The quantitative estimate of drug-likeness (QED) is 0.0706. The van der Waals surface area contributed by atoms with Gasteiger partial charge >= 0.3 is 13.8 Å². The van der Waals surface area contributed by atoms with Crippen LogP contribution in [0.3, 0.4) is 0 Å². The highest BCUT2D eigenvalue weighted by Crippen LogP contribution is 2.43. The van der Waals surface area contributed by atoms with Crippen LogP contribution in [-0.2, 0) is 23.1 Å². The first-order chi connectivity index (χ1) is 15.9. The van der Waals surface area contributed by atoms with Crippen molar-refractivity contribution >= 4 is 13.8 Å². The highest BCUT2D eigenvalue weighted by atomic mass is 31.2. The molecule has 0 aromatic heterocycles. The predicted octanol–water partition coefficient (Wildman–Crippen LogP) is 6.13. The molecule has 0 radical (unpaired) electrons. The van der Waals surface area contributed by atoms with Gasteiger partial charge in [-0.1, -0.05) is 72.2 Å². The fourth-order valence-corrected chi connectivity index (χ4v) is 3.07. The van der Waals surface area contributed by atoms with Crippen molar-refractivity contribution in [2.45, 2.75) is 71.3 Å². The minimum Gasteiger partial charge on any atom is -0.463 e. The summed E-state index contributed by atoms with van der Waals surface area (Å²) in [6.07, 6.45) is 26.6. The van der Waals surface area contributed by atoms with Gasteiger partial charge in [0.15, 0.2) is 0 Å². The fourth-order valence-electron chi connectivity index (χ4n) is 2.39. The van der Waals surface area contributed by atoms with Crippen LogP contribution in [0.1, 0.15) is 65.2 Å². The molecule has 0 aliphatic heterocycles. The molecule has 0 rings (SSSR count). The van der Waals surface area contributed by atoms with Crippen LogP contribution in [0.2, 0.25) is 0 Å². The van der Waals surface area contributed by atoms with Crippen LogP contribution in [0.15, 0.2) is 60.8 Å². The molecule has 0 saturated heterocycles. The van der Waals surface area contributed by atoms with Crippen molar-refractivity contribution in [3.8, 4) is 0 Å². The van der Waals surface area contributed by atoms with E-state index < -0.39 is 26.5 Å². The van der Waals surface area contributed by atoms with E-state index in [1.54, 1.807) is 0 Å². The summed E-state index contributed by atoms with van der Waals surface area (Å²) in [5, 5.41) is 9.62. The Morgan fingerprint density at radius 3 is 1.94 bits per heavy atom. The molecule has 186 valence electrons. The lowest BCUT2D eigenvalue weighted by Crippen LogP contribution is -2.23. The minimum atomic E-state index is -4.22. The number of aliphatic hydroxyl groups is 1. The Labute approximate surface area is 199 Å². The molecule has 0 aliphatic rings. The molecule has 0 aromatic rings. The summed E-state index contributed by atoms with van der Waals surface area (Å²) in [6.45, 7) is 3.78. The first kappa shape index (κ1) is 31.1. The highest BCUT2D eigenvalue weighted by molar-refractivity contribution is 7.47. The molecule has 8 heteroatoms. The smallest absolute Gasteiger partial charge is 0.463 e. The molecule has 0 saturated carbocycles. The monoisotopic (exact) mass is 483 g/mol. The van der Waals surface area contributed by atoms with Crippen LogP contribution < -0.4 is 0 Å². The number of esters is 1. The van der Waals surface area contributed by atoms with Crippen molar-refractivity contribution in [3.05, 3.63) is 67.4 Å². The average Bonchev–Trinajstić information content (AvgIpc) is 2.78. The molecule has 2 N–H and O–H groups in total. The van der Waals surface area contributed by atoms with Gasteiger partial charge in [-0.25, -0.2) is 4.57 Å². The summed E-state index contributed by atoms with van der Waals surface area (Å²) in [7, 11) is -4.22. The van der Waals surface area contributed by atoms with E-state index in [0.717, 1.165) is 45.1 Å². The normalized spacial score (nSPS) is 15.3. The summed E-state index contributed by atoms with van der Waals surface area (Å²) < 4.78 is 25.1. The first-order valence-corrected chi connectivity index (χ1v) is 12.9. The lowest BCUT2D eigenvalue weighted by Gasteiger charge is -2.12. The van der Waals surface area contributed by atoms with E-state index in [1.165, 1.54) is 6.92 Å². The topological polar surface area (TPSA) is 102 Å². The minimum absolute atomic E-state index is 0.230. The van der Waals surface area contributed by atoms with Gasteiger partial charge in [0.25, 0.3) is 0 Å². The number of aliphatic hydroxyl groups excluding tert-OH is 1. The molecule has 2 unspecified atom stereocenters. The van der Waals surface area contributed by atoms with Crippen LogP contribution in [0.25, 0.3) is 0 Å². The van der Waals surface area contributed by atoms with Crippen LogP contribution in [0.4, 0.5) is 0 Å². The second-order valence-corrected chi connectivity index (χ2v) is 8.45. The van der Waals surface area contributed by atoms with Gasteiger partial charge in [-0.2, -0.15) is 0 Å². The number of hydrogen-bond donors (Lipinski definition) is 2. The number of carbonyl (C=O) groups is 1. The molecule has 0 fully saturated rings. The van der Waals surface area contributed by atoms with Gasteiger partial charge < -0.3 is 14.7 Å². The zero-order valence-electron chi connectivity index (χ0n) is 19.9. The Bertz CT molecular complexity index is 680. The largest absolute Gasteiger partial charge is 0.512 e. The van der Waals surface area contributed by atoms with E-state index >= 15 is 0 Å². The number of ether oxygens (including phenoxy) is 1. The molecule has 33 heavy (non-hydrogen) atoms. The predicted molar refractivity (Wildman–Crippen MR) is 132 cm³/mol. The van der Waals surface area contributed by atoms with Crippen molar-refractivity contribution < 1.29 is 33.1 Å². The summed E-state index contributed by atoms with van der Waals surface area (Å²) in [4.78, 5) is 20.9. The molecule has 0 spiro atoms. The van der Waals surface area contributed by atoms with Crippen molar-refractivity contribution in [2.24, 2.45) is 0 Å². The number of rotatable bonds is 20. The number of hydrogen-bond acceptors (Lipinski definition) is 6. The van der Waals surface area contributed by atoms with Crippen molar-refractivity contribution in [1.82, 2.24) is 0 Å². The number of allylic oxidation sites excluding steroid dienone is 10. The van der Waals surface area contributed by atoms with Crippen LogP contribution in [-0.4, -0.2) is 35.3 Å². The second-order valence-electron chi connectivity index (χ2n) is 7.04. The van der Waals surface area contributed by atoms with Gasteiger partial charge in [-0.15, -0.1) is 0 Å². The molecule has 0 bridgehead atoms. The van der Waals surface area contributed by atoms with Crippen molar-refractivity contribution in [1.29, 1.82) is 0 Å². The van der Waals surface area contributed by atoms with E-state index in [2.05, 4.69) is 70.7 Å². The average molecular weight is 484 g/mol. The third-order valence-corrected chi connectivity index (χ3v) is 4.97. The summed E-state index contributed by atoms with van der Waals surface area (Å²) in [5.74, 6) is -0.438. The van der Waals surface area contributed by atoms with E-state index in [1.807, 2.05) is 6.08 Å². The summed E-state index contributed by atoms with van der Waals surface area (Å²) in [5.41, 5.74) is 0. The zero-order chi connectivity index (χ0) is 24.6. The molecular formula is C25H40O7P+. The third kappa shape index (κ3) is 23.1. The first-order valence-electron chi connectivity index (χ1n) is 11.4. The maximum atomic E-state index is 11.7. The van der Waals surface area contributed by atoms with Crippen LogP contribution >= 0.6 is 7.82 Å². The molecule has 0 amide bonds. The fraction of sp³-hybridized carbons (Fsp3) is 0.520. The van der Waals surface area contributed by atoms with Crippen LogP contribution in [0, 0.1) is 6.61 Å². The molecule has 0 heterocycles. The molecule has 2 atom stereocenters. The van der Waals surface area contributed by atoms with Crippen molar-refractivity contribution in [2.75, 3.05) is 13.2 Å². The lowest BCUT2D eigenvalue weighted by molar-refractivity contribution is -0.147. The zero-order valence-corrected chi connectivity index (χ0v) is 20.8. The van der Waals surface area contributed by atoms with Gasteiger partial charge in [0.05, 0.1) is 6.61 Å². The third-order valence-electron chi connectivity index (χ3n) is 4.01. The number of phosphoric ester groups is 1. The van der Waals surface area contributed by atoms with E-state index in [9.17, 15) is 19.4 Å². The van der Waals surface area contributed by atoms with E-state index in [-0.39, 0.29) is 13.0 Å². The van der Waals surface area contributed by atoms with E-state index in [0.29, 0.717) is 6.42 Å². The number of unbranched alkanes of at least 4 members (excludes halogenated alkanes) is 1. The lowest BCUT2D eigenvalue weighted by atomic mass is 10.2. The van der Waals surface area contributed by atoms with Crippen LogP contribution in [0.5, 0.6) is 0 Å². The molecule has 7 nitrogen and oxygen atoms in total. The second kappa shape index (κ2) is 21.9. The highest BCUT2D eigenvalue weighted by Gasteiger charge is 2.27. The Morgan fingerprint density at radius 1 is 0.909 bits per heavy atom. The van der Waals surface area contributed by atoms with Crippen molar-refractivity contribution in [3.63, 3.8) is 0 Å². The van der Waals surface area contributed by atoms with Gasteiger partial charge in [-0.3, -0.25) is 9.32 Å². The van der Waals surface area contributed by atoms with Gasteiger partial charge in [0.2, 0.25) is 6.61 Å². The summed E-state index contributed by atoms with van der Waals surface area (Å²) in [6, 6.07) is 0. The van der Waals surface area contributed by atoms with E-state index in [4.69, 9.17) is 4.74 Å². The maximum Gasteiger partial charge on any atom is 0.512 e. The maximum absolute atomic E-state index is 11.7. The Hall–Kier alpha value is -1.89. The van der Waals surface area contributed by atoms with Gasteiger partial charge in [0.1, 0.15) is 19.6 Å². The molecule has 0 aliphatic carbocycles. The Kier molecular flexibility index (Phi) is 20.7. The summed E-state index contributed by atoms with van der Waals surface area (Å²) >= 11 is 0. The molecule has 0 aromatic carbocycles. The Balaban J connectivity index is 3.69. The number of phosphoric acid groups is 1.